The Balaban J connectivity index is 0.00000264. The van der Waals surface area contributed by atoms with Crippen LogP contribution >= 0.6 is 24.8 Å². The number of halogens is 2. The zero-order valence-corrected chi connectivity index (χ0v) is 16.0. The van der Waals surface area contributed by atoms with Crippen LogP contribution in [0.1, 0.15) is 49.7 Å². The van der Waals surface area contributed by atoms with Crippen molar-refractivity contribution >= 4 is 30.7 Å². The number of rotatable bonds is 7. The predicted molar refractivity (Wildman–Crippen MR) is 105 cm³/mol. The van der Waals surface area contributed by atoms with Crippen molar-refractivity contribution in [3.05, 3.63) is 35.4 Å². The van der Waals surface area contributed by atoms with E-state index < -0.39 is 0 Å². The first-order valence-corrected chi connectivity index (χ1v) is 8.55. The fourth-order valence-electron chi connectivity index (χ4n) is 2.94. The molecule has 1 fully saturated rings. The molecule has 1 aliphatic heterocycles. The van der Waals surface area contributed by atoms with Crippen molar-refractivity contribution in [3.8, 4) is 0 Å². The summed E-state index contributed by atoms with van der Waals surface area (Å²) in [4.78, 5) is 14.2. The minimum absolute atomic E-state index is 0. The van der Waals surface area contributed by atoms with Crippen LogP contribution in [-0.4, -0.2) is 30.4 Å². The standard InChI is InChI=1S/C18H29N3O.2ClH/c19-10-6-9-18(22)20-14-16-7-5-8-17(13-16)15-21-11-3-1-2-4-12-21;;/h5,7-8,13H,1-4,6,9-12,14-15,19H2,(H,20,22);2*1H. The van der Waals surface area contributed by atoms with E-state index in [9.17, 15) is 4.79 Å². The van der Waals surface area contributed by atoms with Gasteiger partial charge in [0, 0.05) is 19.5 Å². The highest BCUT2D eigenvalue weighted by molar-refractivity contribution is 5.85. The maximum Gasteiger partial charge on any atom is 0.220 e. The molecule has 4 nitrogen and oxygen atoms in total. The van der Waals surface area contributed by atoms with Crippen LogP contribution < -0.4 is 11.1 Å². The van der Waals surface area contributed by atoms with Crippen LogP contribution in [-0.2, 0) is 17.9 Å². The van der Waals surface area contributed by atoms with E-state index >= 15 is 0 Å². The Morgan fingerprint density at radius 2 is 1.75 bits per heavy atom. The molecule has 1 saturated heterocycles. The van der Waals surface area contributed by atoms with Gasteiger partial charge in [-0.25, -0.2) is 0 Å². The van der Waals surface area contributed by atoms with Gasteiger partial charge in [0.1, 0.15) is 0 Å². The lowest BCUT2D eigenvalue weighted by molar-refractivity contribution is -0.121. The smallest absolute Gasteiger partial charge is 0.220 e. The number of nitrogens with zero attached hydrogens (tertiary/aromatic N) is 1. The van der Waals surface area contributed by atoms with Gasteiger partial charge in [0.15, 0.2) is 0 Å². The molecule has 6 heteroatoms. The van der Waals surface area contributed by atoms with E-state index in [0.29, 0.717) is 19.5 Å². The van der Waals surface area contributed by atoms with Crippen LogP contribution in [0.25, 0.3) is 0 Å². The molecule has 1 amide bonds. The van der Waals surface area contributed by atoms with Crippen LogP contribution in [0.5, 0.6) is 0 Å². The second kappa shape index (κ2) is 13.5. The SMILES string of the molecule is Cl.Cl.NCCCC(=O)NCc1cccc(CN2CCCCCC2)c1. The van der Waals surface area contributed by atoms with E-state index in [0.717, 1.165) is 13.0 Å². The van der Waals surface area contributed by atoms with Crippen LogP contribution in [0, 0.1) is 0 Å². The van der Waals surface area contributed by atoms with E-state index in [2.05, 4.69) is 34.5 Å². The van der Waals surface area contributed by atoms with Crippen molar-refractivity contribution in [2.75, 3.05) is 19.6 Å². The lowest BCUT2D eigenvalue weighted by Crippen LogP contribution is -2.25. The van der Waals surface area contributed by atoms with Crippen molar-refractivity contribution in [2.24, 2.45) is 5.73 Å². The zero-order valence-electron chi connectivity index (χ0n) is 14.3. The summed E-state index contributed by atoms with van der Waals surface area (Å²) >= 11 is 0. The average molecular weight is 376 g/mol. The molecular weight excluding hydrogens is 345 g/mol. The molecule has 0 radical (unpaired) electrons. The highest BCUT2D eigenvalue weighted by Crippen LogP contribution is 2.14. The highest BCUT2D eigenvalue weighted by Gasteiger charge is 2.09. The lowest BCUT2D eigenvalue weighted by atomic mass is 10.1. The molecule has 1 heterocycles. The molecule has 1 aromatic rings. The van der Waals surface area contributed by atoms with Gasteiger partial charge in [0.05, 0.1) is 0 Å². The summed E-state index contributed by atoms with van der Waals surface area (Å²) in [5, 5.41) is 2.97. The Labute approximate surface area is 158 Å². The first-order valence-electron chi connectivity index (χ1n) is 8.55. The van der Waals surface area contributed by atoms with Gasteiger partial charge in [0.2, 0.25) is 5.91 Å². The molecule has 0 unspecified atom stereocenters. The van der Waals surface area contributed by atoms with E-state index in [-0.39, 0.29) is 30.7 Å². The van der Waals surface area contributed by atoms with E-state index in [4.69, 9.17) is 5.73 Å². The molecule has 138 valence electrons. The van der Waals surface area contributed by atoms with Crippen LogP contribution in [0.4, 0.5) is 0 Å². The molecule has 1 aliphatic rings. The molecular formula is C18H31Cl2N3O. The maximum atomic E-state index is 11.6. The molecule has 0 aliphatic carbocycles. The molecule has 0 aromatic heterocycles. The Bertz CT molecular complexity index is 463. The lowest BCUT2D eigenvalue weighted by Gasteiger charge is -2.20. The molecule has 24 heavy (non-hydrogen) atoms. The summed E-state index contributed by atoms with van der Waals surface area (Å²) in [5.74, 6) is 0.0865. The van der Waals surface area contributed by atoms with Gasteiger partial charge in [-0.2, -0.15) is 0 Å². The number of amides is 1. The first kappa shape index (κ1) is 23.2. The minimum atomic E-state index is 0. The van der Waals surface area contributed by atoms with Crippen LogP contribution in [0.3, 0.4) is 0 Å². The van der Waals surface area contributed by atoms with Gasteiger partial charge in [-0.1, -0.05) is 37.1 Å². The molecule has 0 saturated carbocycles. The van der Waals surface area contributed by atoms with Crippen molar-refractivity contribution in [3.63, 3.8) is 0 Å². The summed E-state index contributed by atoms with van der Waals surface area (Å²) < 4.78 is 0. The Kier molecular flexibility index (Phi) is 13.0. The van der Waals surface area contributed by atoms with Gasteiger partial charge in [0.25, 0.3) is 0 Å². The fraction of sp³-hybridized carbons (Fsp3) is 0.611. The second-order valence-electron chi connectivity index (χ2n) is 6.18. The minimum Gasteiger partial charge on any atom is -0.352 e. The molecule has 1 aromatic carbocycles. The number of benzene rings is 1. The van der Waals surface area contributed by atoms with Crippen LogP contribution in [0.15, 0.2) is 24.3 Å². The van der Waals surface area contributed by atoms with Crippen molar-refractivity contribution in [1.29, 1.82) is 0 Å². The third kappa shape index (κ3) is 8.88. The molecule has 3 N–H and O–H groups in total. The van der Waals surface area contributed by atoms with Gasteiger partial charge in [-0.15, -0.1) is 24.8 Å². The Morgan fingerprint density at radius 1 is 1.08 bits per heavy atom. The second-order valence-corrected chi connectivity index (χ2v) is 6.18. The number of hydrogen-bond donors (Lipinski definition) is 2. The number of likely N-dealkylation sites (tertiary alicyclic amines) is 1. The van der Waals surface area contributed by atoms with Crippen molar-refractivity contribution in [1.82, 2.24) is 10.2 Å². The molecule has 2 rings (SSSR count). The Hall–Kier alpha value is -0.810. The molecule has 0 atom stereocenters. The average Bonchev–Trinajstić information content (AvgIpc) is 2.80. The summed E-state index contributed by atoms with van der Waals surface area (Å²) in [7, 11) is 0. The maximum absolute atomic E-state index is 11.6. The quantitative estimate of drug-likeness (QED) is 0.768. The number of carbonyl (C=O) groups excluding carboxylic acids is 1. The Morgan fingerprint density at radius 3 is 2.42 bits per heavy atom. The van der Waals surface area contributed by atoms with E-state index in [1.165, 1.54) is 49.9 Å². The largest absolute Gasteiger partial charge is 0.352 e. The predicted octanol–water partition coefficient (Wildman–Crippen LogP) is 3.26. The number of nitrogens with one attached hydrogen (secondary N) is 1. The summed E-state index contributed by atoms with van der Waals surface area (Å²) in [6, 6.07) is 8.57. The fourth-order valence-corrected chi connectivity index (χ4v) is 2.94. The number of hydrogen-bond acceptors (Lipinski definition) is 3. The number of carbonyl (C=O) groups is 1. The van der Waals surface area contributed by atoms with Gasteiger partial charge < -0.3 is 11.1 Å². The third-order valence-electron chi connectivity index (χ3n) is 4.19. The van der Waals surface area contributed by atoms with Crippen molar-refractivity contribution in [2.45, 2.75) is 51.6 Å². The molecule has 0 spiro atoms. The highest BCUT2D eigenvalue weighted by atomic mass is 35.5. The van der Waals surface area contributed by atoms with Crippen molar-refractivity contribution < 1.29 is 4.79 Å². The van der Waals surface area contributed by atoms with Gasteiger partial charge >= 0.3 is 0 Å². The third-order valence-corrected chi connectivity index (χ3v) is 4.19. The summed E-state index contributed by atoms with van der Waals surface area (Å²) in [5.41, 5.74) is 7.94. The van der Waals surface area contributed by atoms with E-state index in [1.807, 2.05) is 0 Å². The van der Waals surface area contributed by atoms with Crippen LogP contribution in [0.2, 0.25) is 0 Å². The van der Waals surface area contributed by atoms with Gasteiger partial charge in [-0.05, 0) is 50.0 Å². The normalized spacial score (nSPS) is 14.9. The first-order chi connectivity index (χ1) is 10.8. The van der Waals surface area contributed by atoms with E-state index in [1.54, 1.807) is 0 Å². The summed E-state index contributed by atoms with van der Waals surface area (Å²) in [6.45, 7) is 4.62. The topological polar surface area (TPSA) is 58.4 Å². The number of nitrogens with two attached hydrogens (primary N) is 1. The molecule has 0 bridgehead atoms. The summed E-state index contributed by atoms with van der Waals surface area (Å²) in [6.07, 6.45) is 6.63. The zero-order chi connectivity index (χ0) is 15.6. The monoisotopic (exact) mass is 375 g/mol. The van der Waals surface area contributed by atoms with Gasteiger partial charge in [-0.3, -0.25) is 9.69 Å².